The lowest BCUT2D eigenvalue weighted by molar-refractivity contribution is -0.140. The first-order valence-electron chi connectivity index (χ1n) is 5.43. The molecule has 0 spiro atoms. The summed E-state index contributed by atoms with van der Waals surface area (Å²) in [6.07, 6.45) is 0. The topological polar surface area (TPSA) is 69.6 Å². The van der Waals surface area contributed by atoms with E-state index < -0.39 is 23.9 Å². The number of anilines is 1. The van der Waals surface area contributed by atoms with E-state index >= 15 is 0 Å². The molecule has 1 aromatic carbocycles. The van der Waals surface area contributed by atoms with Crippen molar-refractivity contribution in [1.82, 2.24) is 4.90 Å². The lowest BCUT2D eigenvalue weighted by Gasteiger charge is -2.21. The van der Waals surface area contributed by atoms with Crippen molar-refractivity contribution in [1.29, 1.82) is 0 Å². The fraction of sp³-hybridized carbons (Fsp3) is 0.273. The van der Waals surface area contributed by atoms with E-state index in [2.05, 4.69) is 5.32 Å². The molecule has 0 aliphatic carbocycles. The lowest BCUT2D eigenvalue weighted by Crippen LogP contribution is -2.43. The van der Waals surface area contributed by atoms with Gasteiger partial charge in [0.1, 0.15) is 6.04 Å². The van der Waals surface area contributed by atoms with Crippen molar-refractivity contribution in [2.24, 2.45) is 0 Å². The Labute approximate surface area is 128 Å². The average Bonchev–Trinajstić information content (AvgIpc) is 2.85. The van der Waals surface area contributed by atoms with Gasteiger partial charge in [0.25, 0.3) is 0 Å². The van der Waals surface area contributed by atoms with Gasteiger partial charge in [0, 0.05) is 11.4 Å². The summed E-state index contributed by atoms with van der Waals surface area (Å²) in [7, 11) is 0. The van der Waals surface area contributed by atoms with E-state index in [9.17, 15) is 14.0 Å². The molecule has 1 saturated heterocycles. The first-order chi connectivity index (χ1) is 9.40. The number of rotatable bonds is 2. The highest BCUT2D eigenvalue weighted by Gasteiger charge is 2.34. The molecule has 108 valence electrons. The third-order valence-electron chi connectivity index (χ3n) is 2.66. The molecule has 1 atom stereocenters. The summed E-state index contributed by atoms with van der Waals surface area (Å²) in [4.78, 5) is 24.2. The summed E-state index contributed by atoms with van der Waals surface area (Å²) in [5, 5.41) is 11.0. The second-order valence-electron chi connectivity index (χ2n) is 4.01. The number of urea groups is 1. The van der Waals surface area contributed by atoms with Gasteiger partial charge in [-0.1, -0.05) is 23.2 Å². The number of nitrogens with zero attached hydrogens (tertiary/aromatic N) is 1. The van der Waals surface area contributed by atoms with E-state index in [1.165, 1.54) is 28.8 Å². The molecule has 1 aliphatic heterocycles. The van der Waals surface area contributed by atoms with Gasteiger partial charge in [-0.15, -0.1) is 11.8 Å². The van der Waals surface area contributed by atoms with Crippen LogP contribution in [-0.4, -0.2) is 39.7 Å². The molecule has 0 aromatic heterocycles. The van der Waals surface area contributed by atoms with Crippen LogP contribution < -0.4 is 5.32 Å². The molecule has 2 N–H and O–H groups in total. The quantitative estimate of drug-likeness (QED) is 0.813. The number of aliphatic carboxylic acids is 1. The van der Waals surface area contributed by atoms with E-state index in [4.69, 9.17) is 28.3 Å². The maximum absolute atomic E-state index is 13.2. The molecule has 0 radical (unpaired) electrons. The highest BCUT2D eigenvalue weighted by Crippen LogP contribution is 2.28. The van der Waals surface area contributed by atoms with Crippen molar-refractivity contribution >= 4 is 52.7 Å². The van der Waals surface area contributed by atoms with Crippen LogP contribution in [-0.2, 0) is 4.79 Å². The molecule has 1 unspecified atom stereocenters. The van der Waals surface area contributed by atoms with E-state index in [0.717, 1.165) is 0 Å². The smallest absolute Gasteiger partial charge is 0.327 e. The van der Waals surface area contributed by atoms with Gasteiger partial charge in [-0.05, 0) is 12.1 Å². The Bertz CT molecular complexity index is 550. The van der Waals surface area contributed by atoms with Gasteiger partial charge in [-0.2, -0.15) is 0 Å². The van der Waals surface area contributed by atoms with Crippen LogP contribution in [0.2, 0.25) is 10.0 Å². The molecule has 0 saturated carbocycles. The zero-order valence-electron chi connectivity index (χ0n) is 9.90. The standard InChI is InChI=1S/C11H9Cl2FN2O3S/c12-6-1-5(2-7(13)9(6)14)15-11(19)16-4-20-3-8(16)10(17)18/h1-2,8H,3-4H2,(H,15,19)(H,17,18). The van der Waals surface area contributed by atoms with Crippen LogP contribution in [0.3, 0.4) is 0 Å². The highest BCUT2D eigenvalue weighted by molar-refractivity contribution is 7.99. The van der Waals surface area contributed by atoms with Crippen molar-refractivity contribution in [3.05, 3.63) is 28.0 Å². The Morgan fingerprint density at radius 3 is 2.55 bits per heavy atom. The number of hydrogen-bond acceptors (Lipinski definition) is 3. The Morgan fingerprint density at radius 2 is 2.00 bits per heavy atom. The number of carboxylic acids is 1. The molecule has 20 heavy (non-hydrogen) atoms. The van der Waals surface area contributed by atoms with Gasteiger partial charge in [-0.3, -0.25) is 0 Å². The van der Waals surface area contributed by atoms with Crippen LogP contribution in [0.1, 0.15) is 0 Å². The molecule has 1 aromatic rings. The van der Waals surface area contributed by atoms with E-state index in [-0.39, 0.29) is 21.6 Å². The maximum Gasteiger partial charge on any atom is 0.327 e. The number of amides is 2. The zero-order chi connectivity index (χ0) is 14.9. The Kier molecular flexibility index (Phi) is 4.62. The summed E-state index contributed by atoms with van der Waals surface area (Å²) in [6, 6.07) is 0.937. The fourth-order valence-electron chi connectivity index (χ4n) is 1.67. The summed E-state index contributed by atoms with van der Waals surface area (Å²) in [5.74, 6) is -1.24. The van der Waals surface area contributed by atoms with Crippen molar-refractivity contribution in [3.63, 3.8) is 0 Å². The molecular weight excluding hydrogens is 330 g/mol. The van der Waals surface area contributed by atoms with Crippen LogP contribution >= 0.6 is 35.0 Å². The second-order valence-corrected chi connectivity index (χ2v) is 5.82. The largest absolute Gasteiger partial charge is 0.480 e. The third-order valence-corrected chi connectivity index (χ3v) is 4.23. The van der Waals surface area contributed by atoms with Crippen LogP contribution in [0.4, 0.5) is 14.9 Å². The predicted octanol–water partition coefficient (Wildman–Crippen LogP) is 3.12. The molecular formula is C11H9Cl2FN2O3S. The zero-order valence-corrected chi connectivity index (χ0v) is 12.2. The number of halogens is 3. The summed E-state index contributed by atoms with van der Waals surface area (Å²) in [6.45, 7) is 0. The molecule has 1 heterocycles. The number of carbonyl (C=O) groups is 2. The van der Waals surface area contributed by atoms with Gasteiger partial charge in [0.2, 0.25) is 0 Å². The van der Waals surface area contributed by atoms with Crippen molar-refractivity contribution in [2.45, 2.75) is 6.04 Å². The minimum Gasteiger partial charge on any atom is -0.480 e. The summed E-state index contributed by atoms with van der Waals surface area (Å²) in [5.41, 5.74) is 0.201. The van der Waals surface area contributed by atoms with Gasteiger partial charge < -0.3 is 15.3 Å². The minimum atomic E-state index is -1.07. The number of carbonyl (C=O) groups excluding carboxylic acids is 1. The number of carboxylic acid groups (broad SMARTS) is 1. The molecule has 9 heteroatoms. The first-order valence-corrected chi connectivity index (χ1v) is 7.34. The Hall–Kier alpha value is -1.18. The molecule has 5 nitrogen and oxygen atoms in total. The summed E-state index contributed by atoms with van der Waals surface area (Å²) >= 11 is 12.6. The number of nitrogens with one attached hydrogen (secondary N) is 1. The van der Waals surface area contributed by atoms with E-state index in [1.807, 2.05) is 0 Å². The fourth-order valence-corrected chi connectivity index (χ4v) is 3.30. The van der Waals surface area contributed by atoms with Crippen LogP contribution in [0.5, 0.6) is 0 Å². The minimum absolute atomic E-state index is 0.201. The van der Waals surface area contributed by atoms with Gasteiger partial charge >= 0.3 is 12.0 Å². The number of benzene rings is 1. The Balaban J connectivity index is 2.14. The van der Waals surface area contributed by atoms with Crippen molar-refractivity contribution in [3.8, 4) is 0 Å². The molecule has 2 rings (SSSR count). The normalized spacial score (nSPS) is 18.1. The van der Waals surface area contributed by atoms with Gasteiger partial charge in [0.15, 0.2) is 5.82 Å². The SMILES string of the molecule is O=C(O)C1CSCN1C(=O)Nc1cc(Cl)c(F)c(Cl)c1. The molecule has 2 amide bonds. The number of hydrogen-bond donors (Lipinski definition) is 2. The number of thioether (sulfide) groups is 1. The maximum atomic E-state index is 13.2. The lowest BCUT2D eigenvalue weighted by atomic mass is 10.3. The monoisotopic (exact) mass is 338 g/mol. The third kappa shape index (κ3) is 3.11. The van der Waals surface area contributed by atoms with Crippen LogP contribution in [0, 0.1) is 5.82 Å². The van der Waals surface area contributed by atoms with Crippen LogP contribution in [0.15, 0.2) is 12.1 Å². The summed E-state index contributed by atoms with van der Waals surface area (Å²) < 4.78 is 13.2. The second kappa shape index (κ2) is 6.07. The molecule has 1 fully saturated rings. The highest BCUT2D eigenvalue weighted by atomic mass is 35.5. The molecule has 0 bridgehead atoms. The predicted molar refractivity (Wildman–Crippen MR) is 76.0 cm³/mol. The van der Waals surface area contributed by atoms with Crippen molar-refractivity contribution in [2.75, 3.05) is 16.9 Å². The molecule has 1 aliphatic rings. The van der Waals surface area contributed by atoms with E-state index in [1.54, 1.807) is 0 Å². The van der Waals surface area contributed by atoms with Gasteiger partial charge in [-0.25, -0.2) is 14.0 Å². The Morgan fingerprint density at radius 1 is 1.40 bits per heavy atom. The average molecular weight is 339 g/mol. The van der Waals surface area contributed by atoms with Gasteiger partial charge in [0.05, 0.1) is 15.9 Å². The van der Waals surface area contributed by atoms with Crippen molar-refractivity contribution < 1.29 is 19.1 Å². The van der Waals surface area contributed by atoms with Crippen LogP contribution in [0.25, 0.3) is 0 Å². The first kappa shape index (κ1) is 15.2. The van der Waals surface area contributed by atoms with E-state index in [0.29, 0.717) is 5.75 Å².